The van der Waals surface area contributed by atoms with Gasteiger partial charge < -0.3 is 5.32 Å². The molecule has 0 saturated heterocycles. The maximum atomic E-state index is 13.5. The van der Waals surface area contributed by atoms with Crippen LogP contribution < -0.4 is 5.32 Å². The zero-order valence-corrected chi connectivity index (χ0v) is 11.9. The van der Waals surface area contributed by atoms with E-state index in [2.05, 4.69) is 20.4 Å². The van der Waals surface area contributed by atoms with Crippen LogP contribution in [0.3, 0.4) is 0 Å². The first-order chi connectivity index (χ1) is 10.2. The third-order valence-electron chi connectivity index (χ3n) is 3.29. The Labute approximate surface area is 123 Å². The first-order valence-electron chi connectivity index (χ1n) is 6.30. The molecule has 0 bridgehead atoms. The number of nitrogens with one attached hydrogen (secondary N) is 1. The van der Waals surface area contributed by atoms with Gasteiger partial charge in [0.2, 0.25) is 0 Å². The predicted octanol–water partition coefficient (Wildman–Crippen LogP) is 3.46. The Balaban J connectivity index is 1.98. The number of aryl methyl sites for hydroxylation is 1. The zero-order chi connectivity index (χ0) is 14.4. The molecule has 0 amide bonds. The summed E-state index contributed by atoms with van der Waals surface area (Å²) in [7, 11) is 1.83. The molecule has 4 rings (SSSR count). The summed E-state index contributed by atoms with van der Waals surface area (Å²) in [5.41, 5.74) is 1.59. The number of halogens is 1. The number of aromatic nitrogens is 4. The molecule has 0 spiro atoms. The fourth-order valence-corrected chi connectivity index (χ4v) is 2.93. The molecule has 7 heteroatoms. The number of pyridine rings is 1. The molecule has 0 atom stereocenters. The monoisotopic (exact) mass is 299 g/mol. The van der Waals surface area contributed by atoms with Gasteiger partial charge in [-0.1, -0.05) is 0 Å². The summed E-state index contributed by atoms with van der Waals surface area (Å²) < 4.78 is 15.3. The van der Waals surface area contributed by atoms with Gasteiger partial charge in [-0.2, -0.15) is 5.10 Å². The highest BCUT2D eigenvalue weighted by atomic mass is 32.1. The lowest BCUT2D eigenvalue weighted by molar-refractivity contribution is 0.629. The topological polar surface area (TPSA) is 55.6 Å². The standard InChI is InChI=1S/C14H10FN5S/c1-20-12-9-6-8(15)2-3-11(9)17-7-10(12)13(19-20)18-14-16-4-5-21-14/h2-7H,1H3,(H,16,18,19). The van der Waals surface area contributed by atoms with E-state index >= 15 is 0 Å². The van der Waals surface area contributed by atoms with Gasteiger partial charge in [0.15, 0.2) is 10.9 Å². The lowest BCUT2D eigenvalue weighted by Crippen LogP contribution is -1.93. The number of hydrogen-bond donors (Lipinski definition) is 1. The molecule has 3 heterocycles. The van der Waals surface area contributed by atoms with E-state index in [1.54, 1.807) is 23.1 Å². The highest BCUT2D eigenvalue weighted by molar-refractivity contribution is 7.13. The van der Waals surface area contributed by atoms with E-state index in [9.17, 15) is 4.39 Å². The van der Waals surface area contributed by atoms with Crippen LogP contribution in [-0.4, -0.2) is 19.7 Å². The van der Waals surface area contributed by atoms with Crippen molar-refractivity contribution in [2.45, 2.75) is 0 Å². The van der Waals surface area contributed by atoms with Crippen LogP contribution in [0, 0.1) is 5.82 Å². The van der Waals surface area contributed by atoms with Crippen LogP contribution in [0.2, 0.25) is 0 Å². The molecule has 0 unspecified atom stereocenters. The largest absolute Gasteiger partial charge is 0.314 e. The summed E-state index contributed by atoms with van der Waals surface area (Å²) in [6, 6.07) is 4.57. The molecule has 1 aromatic carbocycles. The number of rotatable bonds is 2. The average molecular weight is 299 g/mol. The van der Waals surface area contributed by atoms with Crippen molar-refractivity contribution in [3.63, 3.8) is 0 Å². The van der Waals surface area contributed by atoms with Gasteiger partial charge in [0.1, 0.15) is 5.82 Å². The molecule has 4 aromatic rings. The number of hydrogen-bond acceptors (Lipinski definition) is 5. The number of nitrogens with zero attached hydrogens (tertiary/aromatic N) is 4. The van der Waals surface area contributed by atoms with Gasteiger partial charge in [-0.3, -0.25) is 9.67 Å². The molecule has 21 heavy (non-hydrogen) atoms. The first kappa shape index (κ1) is 12.2. The van der Waals surface area contributed by atoms with Crippen LogP contribution in [0.1, 0.15) is 0 Å². The molecule has 0 aliphatic heterocycles. The van der Waals surface area contributed by atoms with Gasteiger partial charge in [-0.25, -0.2) is 9.37 Å². The summed E-state index contributed by atoms with van der Waals surface area (Å²) >= 11 is 1.49. The molecule has 0 saturated carbocycles. The van der Waals surface area contributed by atoms with E-state index in [0.717, 1.165) is 26.9 Å². The van der Waals surface area contributed by atoms with Crippen LogP contribution >= 0.6 is 11.3 Å². The van der Waals surface area contributed by atoms with E-state index in [-0.39, 0.29) is 5.82 Å². The van der Waals surface area contributed by atoms with Crippen molar-refractivity contribution < 1.29 is 4.39 Å². The van der Waals surface area contributed by atoms with Crippen LogP contribution in [0.5, 0.6) is 0 Å². The van der Waals surface area contributed by atoms with Crippen LogP contribution in [0.25, 0.3) is 21.8 Å². The van der Waals surface area contributed by atoms with Crippen molar-refractivity contribution in [2.24, 2.45) is 7.05 Å². The van der Waals surface area contributed by atoms with Crippen LogP contribution in [0.4, 0.5) is 15.3 Å². The van der Waals surface area contributed by atoms with E-state index in [4.69, 9.17) is 0 Å². The fourth-order valence-electron chi connectivity index (χ4n) is 2.41. The van der Waals surface area contributed by atoms with Gasteiger partial charge in [-0.15, -0.1) is 11.3 Å². The smallest absolute Gasteiger partial charge is 0.188 e. The van der Waals surface area contributed by atoms with E-state index in [1.165, 1.54) is 23.5 Å². The second-order valence-corrected chi connectivity index (χ2v) is 5.51. The summed E-state index contributed by atoms with van der Waals surface area (Å²) in [6.45, 7) is 0. The molecule has 0 radical (unpaired) electrons. The fraction of sp³-hybridized carbons (Fsp3) is 0.0714. The summed E-state index contributed by atoms with van der Waals surface area (Å²) in [6.07, 6.45) is 3.47. The van der Waals surface area contributed by atoms with Crippen molar-refractivity contribution in [3.05, 3.63) is 41.8 Å². The van der Waals surface area contributed by atoms with E-state index < -0.39 is 0 Å². The highest BCUT2D eigenvalue weighted by Crippen LogP contribution is 2.30. The quantitative estimate of drug-likeness (QED) is 0.616. The number of fused-ring (bicyclic) bond motifs is 3. The van der Waals surface area contributed by atoms with Crippen molar-refractivity contribution >= 4 is 44.1 Å². The Bertz CT molecular complexity index is 945. The van der Waals surface area contributed by atoms with Gasteiger partial charge in [0.05, 0.1) is 16.4 Å². The molecule has 1 N–H and O–H groups in total. The van der Waals surface area contributed by atoms with E-state index in [1.807, 2.05) is 12.4 Å². The summed E-state index contributed by atoms with van der Waals surface area (Å²) in [4.78, 5) is 8.56. The van der Waals surface area contributed by atoms with Crippen molar-refractivity contribution in [1.29, 1.82) is 0 Å². The maximum absolute atomic E-state index is 13.5. The summed E-state index contributed by atoms with van der Waals surface area (Å²) in [5, 5.41) is 11.9. The van der Waals surface area contributed by atoms with Gasteiger partial charge >= 0.3 is 0 Å². The third kappa shape index (κ3) is 1.93. The molecule has 104 valence electrons. The molecular formula is C14H10FN5S. The van der Waals surface area contributed by atoms with Crippen LogP contribution in [0.15, 0.2) is 36.0 Å². The Hall–Kier alpha value is -2.54. The minimum atomic E-state index is -0.285. The number of benzene rings is 1. The minimum absolute atomic E-state index is 0.285. The number of thiazole rings is 1. The molecule has 3 aromatic heterocycles. The average Bonchev–Trinajstić information content (AvgIpc) is 3.08. The highest BCUT2D eigenvalue weighted by Gasteiger charge is 2.13. The predicted molar refractivity (Wildman–Crippen MR) is 81.4 cm³/mol. The second-order valence-electron chi connectivity index (χ2n) is 4.62. The Morgan fingerprint density at radius 3 is 2.95 bits per heavy atom. The van der Waals surface area contributed by atoms with Crippen LogP contribution in [-0.2, 0) is 7.05 Å². The third-order valence-corrected chi connectivity index (χ3v) is 3.98. The lowest BCUT2D eigenvalue weighted by Gasteiger charge is -2.01. The first-order valence-corrected chi connectivity index (χ1v) is 7.18. The van der Waals surface area contributed by atoms with Gasteiger partial charge in [0, 0.05) is 30.2 Å². The Morgan fingerprint density at radius 1 is 1.24 bits per heavy atom. The molecule has 0 aliphatic rings. The molecule has 5 nitrogen and oxygen atoms in total. The zero-order valence-electron chi connectivity index (χ0n) is 11.0. The molecular weight excluding hydrogens is 289 g/mol. The van der Waals surface area contributed by atoms with Crippen molar-refractivity contribution in [1.82, 2.24) is 19.7 Å². The SMILES string of the molecule is Cn1nc(Nc2nccs2)c2cnc3ccc(F)cc3c21. The normalized spacial score (nSPS) is 11.3. The van der Waals surface area contributed by atoms with Crippen molar-refractivity contribution in [2.75, 3.05) is 5.32 Å². The van der Waals surface area contributed by atoms with Gasteiger partial charge in [0.25, 0.3) is 0 Å². The maximum Gasteiger partial charge on any atom is 0.188 e. The Morgan fingerprint density at radius 2 is 2.14 bits per heavy atom. The van der Waals surface area contributed by atoms with Crippen molar-refractivity contribution in [3.8, 4) is 0 Å². The molecule has 0 fully saturated rings. The van der Waals surface area contributed by atoms with Gasteiger partial charge in [-0.05, 0) is 18.2 Å². The summed E-state index contributed by atoms with van der Waals surface area (Å²) in [5.74, 6) is 0.383. The molecule has 0 aliphatic carbocycles. The number of anilines is 2. The Kier molecular flexibility index (Phi) is 2.61. The van der Waals surface area contributed by atoms with E-state index in [0.29, 0.717) is 5.82 Å². The minimum Gasteiger partial charge on any atom is -0.314 e. The lowest BCUT2D eigenvalue weighted by atomic mass is 10.1. The second kappa shape index (κ2) is 4.49.